The van der Waals surface area contributed by atoms with Crippen LogP contribution in [0.25, 0.3) is 27.9 Å². The van der Waals surface area contributed by atoms with Crippen molar-refractivity contribution in [2.75, 3.05) is 6.54 Å². The number of hydrogen-bond acceptors (Lipinski definition) is 3. The van der Waals surface area contributed by atoms with Crippen molar-refractivity contribution >= 4 is 43.8 Å². The summed E-state index contributed by atoms with van der Waals surface area (Å²) in [5.74, 6) is -0.504. The topological polar surface area (TPSA) is 107 Å². The normalized spacial score (nSPS) is 12.2. The van der Waals surface area contributed by atoms with Crippen molar-refractivity contribution in [3.8, 4) is 0 Å². The first-order valence-electron chi connectivity index (χ1n) is 11.6. The molecule has 0 spiro atoms. The number of rotatable bonds is 8. The molecule has 0 saturated carbocycles. The number of amides is 1. The number of para-hydroxylation sites is 2. The first-order valence-corrected chi connectivity index (χ1v) is 13.1. The Morgan fingerprint density at radius 2 is 1.50 bits per heavy atom. The summed E-state index contributed by atoms with van der Waals surface area (Å²) in [5.41, 5.74) is 4.60. The van der Waals surface area contributed by atoms with E-state index in [0.717, 1.165) is 32.9 Å². The maximum atomic E-state index is 13.2. The van der Waals surface area contributed by atoms with Crippen LogP contribution in [0.1, 0.15) is 16.7 Å². The van der Waals surface area contributed by atoms with Gasteiger partial charge in [0.15, 0.2) is 0 Å². The Bertz CT molecular complexity index is 1680. The summed E-state index contributed by atoms with van der Waals surface area (Å²) in [4.78, 5) is 19.7. The van der Waals surface area contributed by atoms with Gasteiger partial charge in [0.2, 0.25) is 0 Å². The zero-order valence-electron chi connectivity index (χ0n) is 19.7. The van der Waals surface area contributed by atoms with Crippen molar-refractivity contribution in [3.63, 3.8) is 0 Å². The molecule has 1 amide bonds. The number of aromatic nitrogens is 2. The maximum absolute atomic E-state index is 13.2. The van der Waals surface area contributed by atoms with Crippen molar-refractivity contribution < 1.29 is 13.2 Å². The molecule has 0 saturated heterocycles. The molecule has 182 valence electrons. The molecule has 0 atom stereocenters. The second-order valence-corrected chi connectivity index (χ2v) is 10.3. The SMILES string of the molecule is Cc1ccc(S(=O)(=O)NC(=Cc2c[nH]c3ccccc23)C(=O)NCCc2c[nH]c3ccccc23)cc1. The van der Waals surface area contributed by atoms with Gasteiger partial charge in [-0.25, -0.2) is 8.42 Å². The molecular weight excluding hydrogens is 472 g/mol. The predicted molar refractivity (Wildman–Crippen MR) is 143 cm³/mol. The monoisotopic (exact) mass is 498 g/mol. The van der Waals surface area contributed by atoms with Gasteiger partial charge in [0, 0.05) is 46.3 Å². The fourth-order valence-electron chi connectivity index (χ4n) is 4.18. The first-order chi connectivity index (χ1) is 17.4. The average molecular weight is 499 g/mol. The molecule has 2 heterocycles. The fourth-order valence-corrected chi connectivity index (χ4v) is 5.23. The van der Waals surface area contributed by atoms with Crippen LogP contribution in [0.4, 0.5) is 0 Å². The van der Waals surface area contributed by atoms with Gasteiger partial charge >= 0.3 is 0 Å². The third-order valence-corrected chi connectivity index (χ3v) is 7.48. The summed E-state index contributed by atoms with van der Waals surface area (Å²) >= 11 is 0. The Morgan fingerprint density at radius 1 is 0.861 bits per heavy atom. The summed E-state index contributed by atoms with van der Waals surface area (Å²) < 4.78 is 28.7. The molecule has 0 radical (unpaired) electrons. The minimum atomic E-state index is -3.97. The number of fused-ring (bicyclic) bond motifs is 2. The second-order valence-electron chi connectivity index (χ2n) is 8.63. The van der Waals surface area contributed by atoms with Crippen LogP contribution in [-0.2, 0) is 21.2 Å². The molecule has 0 unspecified atom stereocenters. The van der Waals surface area contributed by atoms with Crippen LogP contribution in [0, 0.1) is 6.92 Å². The van der Waals surface area contributed by atoms with E-state index in [1.807, 2.05) is 61.7 Å². The van der Waals surface area contributed by atoms with E-state index in [0.29, 0.717) is 18.5 Å². The van der Waals surface area contributed by atoms with Crippen LogP contribution in [0.3, 0.4) is 0 Å². The summed E-state index contributed by atoms with van der Waals surface area (Å²) in [5, 5.41) is 4.85. The van der Waals surface area contributed by atoms with Gasteiger partial charge in [0.1, 0.15) is 5.70 Å². The lowest BCUT2D eigenvalue weighted by Gasteiger charge is -2.13. The molecule has 3 aromatic carbocycles. The number of sulfonamides is 1. The third-order valence-electron chi connectivity index (χ3n) is 6.10. The number of carbonyl (C=O) groups excluding carboxylic acids is 1. The van der Waals surface area contributed by atoms with Gasteiger partial charge < -0.3 is 15.3 Å². The molecule has 0 fully saturated rings. The van der Waals surface area contributed by atoms with Crippen molar-refractivity contribution in [2.24, 2.45) is 0 Å². The quantitative estimate of drug-likeness (QED) is 0.234. The van der Waals surface area contributed by atoms with E-state index in [2.05, 4.69) is 20.0 Å². The molecule has 0 aliphatic rings. The van der Waals surface area contributed by atoms with Gasteiger partial charge in [-0.2, -0.15) is 0 Å². The summed E-state index contributed by atoms with van der Waals surface area (Å²) in [6.07, 6.45) is 5.84. The standard InChI is InChI=1S/C28H26N4O3S/c1-19-10-12-22(13-11-19)36(34,35)32-27(16-21-18-31-26-9-5-3-7-24(21)26)28(33)29-15-14-20-17-30-25-8-4-2-6-23(20)25/h2-13,16-18,30-32H,14-15H2,1H3,(H,29,33). The first kappa shape index (κ1) is 23.4. The van der Waals surface area contributed by atoms with E-state index in [9.17, 15) is 13.2 Å². The zero-order valence-corrected chi connectivity index (χ0v) is 20.5. The summed E-state index contributed by atoms with van der Waals surface area (Å²) in [7, 11) is -3.97. The lowest BCUT2D eigenvalue weighted by molar-refractivity contribution is -0.117. The molecule has 5 rings (SSSR count). The molecule has 0 aliphatic heterocycles. The van der Waals surface area contributed by atoms with E-state index in [1.165, 1.54) is 12.1 Å². The lowest BCUT2D eigenvalue weighted by Crippen LogP contribution is -2.35. The van der Waals surface area contributed by atoms with Gasteiger partial charge in [-0.05, 0) is 49.2 Å². The summed E-state index contributed by atoms with van der Waals surface area (Å²) in [6.45, 7) is 2.23. The minimum Gasteiger partial charge on any atom is -0.361 e. The predicted octanol–water partition coefficient (Wildman–Crippen LogP) is 4.64. The molecule has 4 N–H and O–H groups in total. The van der Waals surface area contributed by atoms with E-state index in [4.69, 9.17) is 0 Å². The number of carbonyl (C=O) groups is 1. The smallest absolute Gasteiger partial charge is 0.268 e. The molecule has 0 aliphatic carbocycles. The van der Waals surface area contributed by atoms with Gasteiger partial charge in [0.05, 0.1) is 4.90 Å². The van der Waals surface area contributed by atoms with E-state index >= 15 is 0 Å². The molecule has 2 aromatic heterocycles. The van der Waals surface area contributed by atoms with Gasteiger partial charge in [-0.1, -0.05) is 54.1 Å². The van der Waals surface area contributed by atoms with Crippen LogP contribution in [0.5, 0.6) is 0 Å². The number of aryl methyl sites for hydroxylation is 1. The van der Waals surface area contributed by atoms with Gasteiger partial charge in [0.25, 0.3) is 15.9 Å². The minimum absolute atomic E-state index is 0.0562. The van der Waals surface area contributed by atoms with Gasteiger partial charge in [-0.15, -0.1) is 0 Å². The fraction of sp³-hybridized carbons (Fsp3) is 0.107. The van der Waals surface area contributed by atoms with Crippen LogP contribution >= 0.6 is 0 Å². The van der Waals surface area contributed by atoms with E-state index in [-0.39, 0.29) is 10.6 Å². The Morgan fingerprint density at radius 3 is 2.25 bits per heavy atom. The molecular formula is C28H26N4O3S. The number of aromatic amines is 2. The van der Waals surface area contributed by atoms with Crippen molar-refractivity contribution in [3.05, 3.63) is 108 Å². The largest absolute Gasteiger partial charge is 0.361 e. The zero-order chi connectivity index (χ0) is 25.1. The van der Waals surface area contributed by atoms with Crippen LogP contribution in [-0.4, -0.2) is 30.8 Å². The van der Waals surface area contributed by atoms with Crippen molar-refractivity contribution in [1.82, 2.24) is 20.0 Å². The highest BCUT2D eigenvalue weighted by molar-refractivity contribution is 7.89. The summed E-state index contributed by atoms with van der Waals surface area (Å²) in [6, 6.07) is 22.1. The van der Waals surface area contributed by atoms with Crippen LogP contribution in [0.15, 0.2) is 95.8 Å². The Labute approximate surface area is 209 Å². The molecule has 7 nitrogen and oxygen atoms in total. The Hall–Kier alpha value is -4.30. The highest BCUT2D eigenvalue weighted by Crippen LogP contribution is 2.21. The number of hydrogen-bond donors (Lipinski definition) is 4. The third kappa shape index (κ3) is 4.89. The van der Waals surface area contributed by atoms with E-state index < -0.39 is 15.9 Å². The van der Waals surface area contributed by atoms with Crippen LogP contribution < -0.4 is 10.0 Å². The second kappa shape index (κ2) is 9.75. The Kier molecular flexibility index (Phi) is 6.35. The highest BCUT2D eigenvalue weighted by Gasteiger charge is 2.20. The maximum Gasteiger partial charge on any atom is 0.268 e. The molecule has 36 heavy (non-hydrogen) atoms. The van der Waals surface area contributed by atoms with Gasteiger partial charge in [-0.3, -0.25) is 9.52 Å². The molecule has 0 bridgehead atoms. The number of H-pyrrole nitrogens is 2. The highest BCUT2D eigenvalue weighted by atomic mass is 32.2. The molecule has 5 aromatic rings. The van der Waals surface area contributed by atoms with Crippen LogP contribution in [0.2, 0.25) is 0 Å². The molecule has 8 heteroatoms. The lowest BCUT2D eigenvalue weighted by atomic mass is 10.1. The number of nitrogens with one attached hydrogen (secondary N) is 4. The average Bonchev–Trinajstić information content (AvgIpc) is 3.48. The van der Waals surface area contributed by atoms with Crippen molar-refractivity contribution in [2.45, 2.75) is 18.2 Å². The number of benzene rings is 3. The Balaban J connectivity index is 1.41. The van der Waals surface area contributed by atoms with E-state index in [1.54, 1.807) is 24.4 Å². The van der Waals surface area contributed by atoms with Crippen molar-refractivity contribution in [1.29, 1.82) is 0 Å².